The summed E-state index contributed by atoms with van der Waals surface area (Å²) in [6.45, 7) is 8.55. The van der Waals surface area contributed by atoms with Crippen molar-refractivity contribution >= 4 is 23.4 Å². The Morgan fingerprint density at radius 1 is 1.31 bits per heavy atom. The Morgan fingerprint density at radius 2 is 1.92 bits per heavy atom. The lowest BCUT2D eigenvalue weighted by atomic mass is 9.79. The highest BCUT2D eigenvalue weighted by molar-refractivity contribution is 5.87. The molecule has 1 heterocycles. The van der Waals surface area contributed by atoms with Crippen LogP contribution in [0.5, 0.6) is 0 Å². The maximum Gasteiger partial charge on any atom is 0.330 e. The first-order valence-electron chi connectivity index (χ1n) is 8.62. The van der Waals surface area contributed by atoms with Crippen LogP contribution in [-0.4, -0.2) is 35.1 Å². The molecule has 0 bridgehead atoms. The van der Waals surface area contributed by atoms with Crippen LogP contribution in [0.15, 0.2) is 24.3 Å². The van der Waals surface area contributed by atoms with Crippen molar-refractivity contribution in [1.29, 1.82) is 0 Å². The van der Waals surface area contributed by atoms with E-state index < -0.39 is 10.9 Å². The van der Waals surface area contributed by atoms with Crippen LogP contribution in [0.2, 0.25) is 0 Å². The summed E-state index contributed by atoms with van der Waals surface area (Å²) in [7, 11) is 1.28. The molecule has 0 aliphatic carbocycles. The van der Waals surface area contributed by atoms with Gasteiger partial charge in [0.1, 0.15) is 5.69 Å². The minimum atomic E-state index is -0.506. The molecule has 1 fully saturated rings. The van der Waals surface area contributed by atoms with Crippen molar-refractivity contribution in [3.05, 3.63) is 40.0 Å². The van der Waals surface area contributed by atoms with E-state index in [1.54, 1.807) is 12.1 Å². The first-order valence-corrected chi connectivity index (χ1v) is 8.62. The zero-order valence-electron chi connectivity index (χ0n) is 16.0. The monoisotopic (exact) mass is 361 g/mol. The summed E-state index contributed by atoms with van der Waals surface area (Å²) in [5.74, 6) is -0.506. The zero-order chi connectivity index (χ0) is 19.5. The number of carbonyl (C=O) groups excluding carboxylic acids is 1. The number of nitro groups is 1. The number of hydrogen-bond donors (Lipinski definition) is 2. The van der Waals surface area contributed by atoms with Crippen LogP contribution in [0.3, 0.4) is 0 Å². The molecule has 7 heteroatoms. The summed E-state index contributed by atoms with van der Waals surface area (Å²) in [6.07, 6.45) is 4.46. The minimum Gasteiger partial charge on any atom is -0.466 e. The molecule has 2 rings (SSSR count). The van der Waals surface area contributed by atoms with Crippen molar-refractivity contribution in [2.24, 2.45) is 0 Å². The van der Waals surface area contributed by atoms with Crippen LogP contribution in [-0.2, 0) is 9.53 Å². The number of hydrogen-bond acceptors (Lipinski definition) is 6. The number of piperidine rings is 1. The molecule has 26 heavy (non-hydrogen) atoms. The highest BCUT2D eigenvalue weighted by Gasteiger charge is 2.38. The average molecular weight is 361 g/mol. The Balaban J connectivity index is 2.25. The van der Waals surface area contributed by atoms with Gasteiger partial charge in [0.15, 0.2) is 0 Å². The fraction of sp³-hybridized carbons (Fsp3) is 0.526. The molecule has 0 radical (unpaired) electrons. The lowest BCUT2D eigenvalue weighted by molar-refractivity contribution is -0.384. The van der Waals surface area contributed by atoms with Gasteiger partial charge in [-0.15, -0.1) is 0 Å². The van der Waals surface area contributed by atoms with Crippen LogP contribution in [0.25, 0.3) is 6.08 Å². The van der Waals surface area contributed by atoms with Crippen LogP contribution in [0.4, 0.5) is 11.4 Å². The molecule has 7 nitrogen and oxygen atoms in total. The number of nitro benzene ring substituents is 1. The topological polar surface area (TPSA) is 93.5 Å². The molecule has 1 aliphatic rings. The van der Waals surface area contributed by atoms with Gasteiger partial charge in [-0.1, -0.05) is 6.07 Å². The second-order valence-electron chi connectivity index (χ2n) is 8.03. The number of benzene rings is 1. The quantitative estimate of drug-likeness (QED) is 0.361. The third kappa shape index (κ3) is 5.29. The molecule has 1 saturated heterocycles. The van der Waals surface area contributed by atoms with E-state index in [-0.39, 0.29) is 22.8 Å². The predicted molar refractivity (Wildman–Crippen MR) is 102 cm³/mol. The molecule has 0 saturated carbocycles. The smallest absolute Gasteiger partial charge is 0.330 e. The Labute approximate surface area is 154 Å². The van der Waals surface area contributed by atoms with Crippen molar-refractivity contribution in [2.75, 3.05) is 12.4 Å². The maximum absolute atomic E-state index is 11.5. The largest absolute Gasteiger partial charge is 0.466 e. The van der Waals surface area contributed by atoms with E-state index in [2.05, 4.69) is 43.1 Å². The summed E-state index contributed by atoms with van der Waals surface area (Å²) in [5, 5.41) is 18.5. The predicted octanol–water partition coefficient (Wildman–Crippen LogP) is 3.50. The van der Waals surface area contributed by atoms with Gasteiger partial charge in [-0.2, -0.15) is 0 Å². The Hall–Kier alpha value is -2.41. The molecule has 0 spiro atoms. The zero-order valence-corrected chi connectivity index (χ0v) is 16.0. The second kappa shape index (κ2) is 7.45. The molecule has 0 amide bonds. The van der Waals surface area contributed by atoms with Gasteiger partial charge in [0.25, 0.3) is 5.69 Å². The number of carbonyl (C=O) groups is 1. The standard InChI is InChI=1S/C19H27N3O4/c1-18(2)11-14(12-19(3,4)21-18)20-15-8-6-13(7-9-17(23)26-5)10-16(15)22(24)25/h6-10,14,20-21H,11-12H2,1-5H3/b9-7+. The van der Waals surface area contributed by atoms with E-state index in [4.69, 9.17) is 0 Å². The summed E-state index contributed by atoms with van der Waals surface area (Å²) < 4.78 is 4.53. The van der Waals surface area contributed by atoms with Gasteiger partial charge >= 0.3 is 5.97 Å². The highest BCUT2D eigenvalue weighted by atomic mass is 16.6. The van der Waals surface area contributed by atoms with Crippen molar-refractivity contribution < 1.29 is 14.5 Å². The normalized spacial score (nSPS) is 19.3. The fourth-order valence-corrected chi connectivity index (χ4v) is 3.80. The SMILES string of the molecule is COC(=O)/C=C/c1ccc(NC2CC(C)(C)NC(C)(C)C2)c([N+](=O)[O-])c1. The molecular weight excluding hydrogens is 334 g/mol. The van der Waals surface area contributed by atoms with Gasteiger partial charge in [0.05, 0.1) is 12.0 Å². The Kier molecular flexibility index (Phi) is 5.71. The van der Waals surface area contributed by atoms with Gasteiger partial charge in [0.2, 0.25) is 0 Å². The van der Waals surface area contributed by atoms with Crippen LogP contribution in [0.1, 0.15) is 46.1 Å². The van der Waals surface area contributed by atoms with Gasteiger partial charge in [-0.3, -0.25) is 10.1 Å². The van der Waals surface area contributed by atoms with Gasteiger partial charge < -0.3 is 15.4 Å². The minimum absolute atomic E-state index is 0.00818. The first kappa shape index (κ1) is 19.9. The summed E-state index contributed by atoms with van der Waals surface area (Å²) in [5.41, 5.74) is 0.933. The number of nitrogens with zero attached hydrogens (tertiary/aromatic N) is 1. The fourth-order valence-electron chi connectivity index (χ4n) is 3.80. The number of esters is 1. The number of rotatable bonds is 5. The molecular formula is C19H27N3O4. The number of nitrogens with one attached hydrogen (secondary N) is 2. The summed E-state index contributed by atoms with van der Waals surface area (Å²) in [6, 6.07) is 5.01. The number of anilines is 1. The van der Waals surface area contributed by atoms with Crippen LogP contribution < -0.4 is 10.6 Å². The molecule has 0 atom stereocenters. The first-order chi connectivity index (χ1) is 12.0. The van der Waals surface area contributed by atoms with Crippen molar-refractivity contribution in [2.45, 2.75) is 57.7 Å². The van der Waals surface area contributed by atoms with Crippen molar-refractivity contribution in [3.8, 4) is 0 Å². The Bertz CT molecular complexity index is 709. The van der Waals surface area contributed by atoms with E-state index in [1.807, 2.05) is 0 Å². The summed E-state index contributed by atoms with van der Waals surface area (Å²) in [4.78, 5) is 22.3. The van der Waals surface area contributed by atoms with E-state index in [0.717, 1.165) is 12.8 Å². The summed E-state index contributed by atoms with van der Waals surface area (Å²) >= 11 is 0. The molecule has 0 unspecified atom stereocenters. The number of ether oxygens (including phenoxy) is 1. The van der Waals surface area contributed by atoms with E-state index in [9.17, 15) is 14.9 Å². The third-order valence-electron chi connectivity index (χ3n) is 4.38. The van der Waals surface area contributed by atoms with Crippen molar-refractivity contribution in [3.63, 3.8) is 0 Å². The van der Waals surface area contributed by atoms with Crippen molar-refractivity contribution in [1.82, 2.24) is 5.32 Å². The Morgan fingerprint density at radius 3 is 2.46 bits per heavy atom. The number of methoxy groups -OCH3 is 1. The lowest BCUT2D eigenvalue weighted by Gasteiger charge is -2.46. The molecule has 1 aromatic carbocycles. The van der Waals surface area contributed by atoms with E-state index in [0.29, 0.717) is 11.3 Å². The molecule has 2 N–H and O–H groups in total. The molecule has 1 aliphatic heterocycles. The average Bonchev–Trinajstić information content (AvgIpc) is 2.50. The molecule has 1 aromatic rings. The second-order valence-corrected chi connectivity index (χ2v) is 8.03. The van der Waals surface area contributed by atoms with Gasteiger partial charge in [-0.25, -0.2) is 4.79 Å². The highest BCUT2D eigenvalue weighted by Crippen LogP contribution is 2.33. The maximum atomic E-state index is 11.5. The molecule has 142 valence electrons. The van der Waals surface area contributed by atoms with Gasteiger partial charge in [-0.05, 0) is 58.2 Å². The third-order valence-corrected chi connectivity index (χ3v) is 4.38. The van der Waals surface area contributed by atoms with E-state index in [1.165, 1.54) is 25.3 Å². The molecule has 0 aromatic heterocycles. The van der Waals surface area contributed by atoms with Gasteiger partial charge in [0, 0.05) is 29.3 Å². The lowest BCUT2D eigenvalue weighted by Crippen LogP contribution is -2.60. The van der Waals surface area contributed by atoms with Crippen LogP contribution >= 0.6 is 0 Å². The van der Waals surface area contributed by atoms with Crippen LogP contribution in [0, 0.1) is 10.1 Å². The van der Waals surface area contributed by atoms with E-state index >= 15 is 0 Å².